The smallest absolute Gasteiger partial charge is 0.423 e. The van der Waals surface area contributed by atoms with Gasteiger partial charge in [0.1, 0.15) is 0 Å². The molecule has 0 atom stereocenters. The van der Waals surface area contributed by atoms with E-state index in [1.807, 2.05) is 50.2 Å². The molecule has 0 amide bonds. The monoisotopic (exact) mass is 401 g/mol. The highest BCUT2D eigenvalue weighted by Gasteiger charge is 2.21. The van der Waals surface area contributed by atoms with Crippen molar-refractivity contribution in [3.05, 3.63) is 66.0 Å². The summed E-state index contributed by atoms with van der Waals surface area (Å²) in [5, 5.41) is 23.7. The van der Waals surface area contributed by atoms with Crippen LogP contribution < -0.4 is 15.7 Å². The van der Waals surface area contributed by atoms with Crippen LogP contribution in [-0.4, -0.2) is 46.2 Å². The second-order valence-corrected chi connectivity index (χ2v) is 7.43. The minimum atomic E-state index is -1.56. The van der Waals surface area contributed by atoms with Gasteiger partial charge in [-0.05, 0) is 12.5 Å². The Balaban J connectivity index is 1.78. The summed E-state index contributed by atoms with van der Waals surface area (Å²) in [7, 11) is 2.36. The van der Waals surface area contributed by atoms with Crippen LogP contribution in [0.15, 0.2) is 54.7 Å². The van der Waals surface area contributed by atoms with E-state index in [0.29, 0.717) is 23.3 Å². The van der Waals surface area contributed by atoms with E-state index >= 15 is 0 Å². The molecule has 0 bridgehead atoms. The lowest BCUT2D eigenvalue weighted by molar-refractivity contribution is 0.426. The Bertz CT molecular complexity index is 1180. The Morgan fingerprint density at radius 1 is 1.07 bits per heavy atom. The number of rotatable bonds is 6. The quantitative estimate of drug-likeness (QED) is 0.370. The number of fused-ring (bicyclic) bond motifs is 1. The van der Waals surface area contributed by atoms with Crippen LogP contribution in [0.3, 0.4) is 0 Å². The fraction of sp³-hybridized carbons (Fsp3) is 0.182. The number of aromatic amines is 1. The summed E-state index contributed by atoms with van der Waals surface area (Å²) in [6.07, 6.45) is 1.80. The number of para-hydroxylation sites is 1. The molecule has 0 unspecified atom stereocenters. The van der Waals surface area contributed by atoms with Crippen molar-refractivity contribution in [1.29, 1.82) is 0 Å². The van der Waals surface area contributed by atoms with Crippen LogP contribution in [0.2, 0.25) is 0 Å². The maximum Gasteiger partial charge on any atom is 0.490 e. The van der Waals surface area contributed by atoms with Crippen LogP contribution in [0.4, 0.5) is 11.5 Å². The van der Waals surface area contributed by atoms with E-state index in [-0.39, 0.29) is 0 Å². The molecule has 4 N–H and O–H groups in total. The topological polar surface area (TPSA) is 97.3 Å². The lowest BCUT2D eigenvalue weighted by Crippen LogP contribution is -2.30. The number of anilines is 2. The minimum Gasteiger partial charge on any atom is -0.423 e. The van der Waals surface area contributed by atoms with Gasteiger partial charge in [-0.1, -0.05) is 48.5 Å². The summed E-state index contributed by atoms with van der Waals surface area (Å²) in [5.74, 6) is 1.31. The van der Waals surface area contributed by atoms with Gasteiger partial charge in [0.25, 0.3) is 0 Å². The molecule has 4 rings (SSSR count). The van der Waals surface area contributed by atoms with Crippen LogP contribution >= 0.6 is 0 Å². The van der Waals surface area contributed by atoms with Crippen LogP contribution in [0.5, 0.6) is 0 Å². The highest BCUT2D eigenvalue weighted by molar-refractivity contribution is 6.61. The molecule has 4 aromatic rings. The minimum absolute atomic E-state index is 0.425. The second kappa shape index (κ2) is 8.18. The van der Waals surface area contributed by atoms with Crippen molar-refractivity contribution in [2.45, 2.75) is 13.5 Å². The van der Waals surface area contributed by atoms with Gasteiger partial charge in [-0.15, -0.1) is 0 Å². The van der Waals surface area contributed by atoms with Gasteiger partial charge in [0.2, 0.25) is 0 Å². The van der Waals surface area contributed by atoms with Crippen molar-refractivity contribution in [2.75, 3.05) is 24.3 Å². The molecular formula is C22H24BN5O2. The predicted octanol–water partition coefficient (Wildman–Crippen LogP) is 2.29. The highest BCUT2D eigenvalue weighted by atomic mass is 16.4. The second-order valence-electron chi connectivity index (χ2n) is 7.43. The van der Waals surface area contributed by atoms with Crippen molar-refractivity contribution < 1.29 is 10.0 Å². The predicted molar refractivity (Wildman–Crippen MR) is 122 cm³/mol. The van der Waals surface area contributed by atoms with E-state index < -0.39 is 7.12 Å². The van der Waals surface area contributed by atoms with Gasteiger partial charge in [-0.3, -0.25) is 0 Å². The summed E-state index contributed by atoms with van der Waals surface area (Å²) in [4.78, 5) is 14.7. The number of benzene rings is 2. The molecule has 2 heterocycles. The lowest BCUT2D eigenvalue weighted by atomic mass is 9.79. The van der Waals surface area contributed by atoms with Crippen molar-refractivity contribution >= 4 is 35.0 Å². The van der Waals surface area contributed by atoms with E-state index in [1.165, 1.54) is 0 Å². The zero-order valence-corrected chi connectivity index (χ0v) is 17.2. The van der Waals surface area contributed by atoms with Crippen molar-refractivity contribution in [3.8, 4) is 11.4 Å². The number of nitrogens with one attached hydrogen (secondary N) is 2. The molecule has 0 aliphatic rings. The zero-order valence-electron chi connectivity index (χ0n) is 17.2. The van der Waals surface area contributed by atoms with E-state index in [4.69, 9.17) is 4.98 Å². The summed E-state index contributed by atoms with van der Waals surface area (Å²) in [6, 6.07) is 15.6. The molecule has 0 saturated carbocycles. The van der Waals surface area contributed by atoms with Crippen LogP contribution in [0.1, 0.15) is 11.3 Å². The Hall–Kier alpha value is -3.36. The number of nitrogens with zero attached hydrogens (tertiary/aromatic N) is 3. The molecule has 0 fully saturated rings. The van der Waals surface area contributed by atoms with Gasteiger partial charge >= 0.3 is 7.12 Å². The Morgan fingerprint density at radius 3 is 2.53 bits per heavy atom. The van der Waals surface area contributed by atoms with E-state index in [1.54, 1.807) is 18.3 Å². The molecule has 7 nitrogen and oxygen atoms in total. The van der Waals surface area contributed by atoms with Crippen LogP contribution in [0, 0.1) is 6.92 Å². The number of aryl methyl sites for hydroxylation is 1. The fourth-order valence-electron chi connectivity index (χ4n) is 3.61. The maximum absolute atomic E-state index is 9.70. The van der Waals surface area contributed by atoms with Crippen molar-refractivity contribution in [1.82, 2.24) is 15.0 Å². The third-order valence-electron chi connectivity index (χ3n) is 5.11. The van der Waals surface area contributed by atoms with E-state index in [2.05, 4.69) is 27.4 Å². The normalized spacial score (nSPS) is 11.0. The van der Waals surface area contributed by atoms with Crippen LogP contribution in [0.25, 0.3) is 22.3 Å². The van der Waals surface area contributed by atoms with Crippen molar-refractivity contribution in [3.63, 3.8) is 0 Å². The van der Waals surface area contributed by atoms with Gasteiger partial charge in [-0.2, -0.15) is 0 Å². The van der Waals surface area contributed by atoms with Crippen molar-refractivity contribution in [2.24, 2.45) is 0 Å². The molecule has 2 aromatic heterocycles. The third kappa shape index (κ3) is 3.75. The summed E-state index contributed by atoms with van der Waals surface area (Å²) < 4.78 is 0. The molecule has 2 aromatic carbocycles. The molecule has 0 saturated heterocycles. The number of hydrogen-bond acceptors (Lipinski definition) is 6. The first kappa shape index (κ1) is 19.9. The van der Waals surface area contributed by atoms with E-state index in [0.717, 1.165) is 33.7 Å². The summed E-state index contributed by atoms with van der Waals surface area (Å²) >= 11 is 0. The lowest BCUT2D eigenvalue weighted by Gasteiger charge is -2.18. The molecule has 30 heavy (non-hydrogen) atoms. The average Bonchev–Trinajstić information content (AvgIpc) is 3.08. The Kier molecular flexibility index (Phi) is 5.43. The van der Waals surface area contributed by atoms with Gasteiger partial charge in [0, 0.05) is 48.3 Å². The van der Waals surface area contributed by atoms with E-state index in [9.17, 15) is 10.0 Å². The molecule has 152 valence electrons. The molecule has 0 radical (unpaired) electrons. The van der Waals surface area contributed by atoms with Gasteiger partial charge in [-0.25, -0.2) is 9.97 Å². The standard InChI is InChI=1S/C22H24BN5O2/c1-14-19(16-10-7-11-17(23(29)30)20(16)26-14)22-25-13-18(28(2)3)21(27-22)24-12-15-8-5-4-6-9-15/h4-11,13,26,29-30H,12H2,1-3H3,(H,24,25,27). The first-order valence-corrected chi connectivity index (χ1v) is 9.75. The van der Waals surface area contributed by atoms with Gasteiger partial charge in [0.15, 0.2) is 11.6 Å². The zero-order chi connectivity index (χ0) is 21.3. The molecular weight excluding hydrogens is 377 g/mol. The number of H-pyrrole nitrogens is 1. The Labute approximate surface area is 175 Å². The average molecular weight is 401 g/mol. The maximum atomic E-state index is 9.70. The third-order valence-corrected chi connectivity index (χ3v) is 5.11. The molecule has 0 aliphatic carbocycles. The fourth-order valence-corrected chi connectivity index (χ4v) is 3.61. The number of hydrogen-bond donors (Lipinski definition) is 4. The first-order chi connectivity index (χ1) is 14.5. The summed E-state index contributed by atoms with van der Waals surface area (Å²) in [6.45, 7) is 2.58. The molecule has 0 spiro atoms. The molecule has 0 aliphatic heterocycles. The largest absolute Gasteiger partial charge is 0.490 e. The summed E-state index contributed by atoms with van der Waals surface area (Å²) in [5.41, 5.74) is 4.87. The van der Waals surface area contributed by atoms with Gasteiger partial charge < -0.3 is 25.2 Å². The van der Waals surface area contributed by atoms with Gasteiger partial charge in [0.05, 0.1) is 11.9 Å². The number of aromatic nitrogens is 3. The first-order valence-electron chi connectivity index (χ1n) is 9.75. The molecule has 8 heteroatoms. The van der Waals surface area contributed by atoms with Crippen LogP contribution in [-0.2, 0) is 6.54 Å². The highest BCUT2D eigenvalue weighted by Crippen LogP contribution is 2.32. The Morgan fingerprint density at radius 2 is 1.83 bits per heavy atom. The SMILES string of the molecule is Cc1[nH]c2c(B(O)O)cccc2c1-c1ncc(N(C)C)c(NCc2ccccc2)n1.